The Morgan fingerprint density at radius 2 is 1.34 bits per heavy atom. The molecule has 0 saturated carbocycles. The molecule has 0 bridgehead atoms. The van der Waals surface area contributed by atoms with Crippen molar-refractivity contribution < 1.29 is 36.5 Å². The van der Waals surface area contributed by atoms with Crippen LogP contribution in [0.1, 0.15) is 5.56 Å². The first-order chi connectivity index (χ1) is 15.1. The van der Waals surface area contributed by atoms with Gasteiger partial charge in [-0.25, -0.2) is 0 Å². The van der Waals surface area contributed by atoms with Gasteiger partial charge in [-0.1, -0.05) is 12.1 Å². The van der Waals surface area contributed by atoms with Gasteiger partial charge in [0.2, 0.25) is 11.1 Å². The van der Waals surface area contributed by atoms with Gasteiger partial charge in [0.1, 0.15) is 17.2 Å². The zero-order valence-electron chi connectivity index (χ0n) is 17.4. The lowest BCUT2D eigenvalue weighted by atomic mass is 10.2. The molecule has 0 unspecified atom stereocenters. The lowest BCUT2D eigenvalue weighted by Crippen LogP contribution is -1.92. The molecule has 0 radical (unpaired) electrons. The van der Waals surface area contributed by atoms with Crippen molar-refractivity contribution in [1.82, 2.24) is 0 Å². The van der Waals surface area contributed by atoms with E-state index in [1.807, 2.05) is 43.3 Å². The van der Waals surface area contributed by atoms with E-state index in [1.54, 1.807) is 18.2 Å². The Balaban J connectivity index is 0.000000654. The van der Waals surface area contributed by atoms with E-state index in [-0.39, 0.29) is 5.69 Å². The van der Waals surface area contributed by atoms with Crippen molar-refractivity contribution in [1.29, 1.82) is 5.39 Å². The predicted molar refractivity (Wildman–Crippen MR) is 116 cm³/mol. The Labute approximate surface area is 185 Å². The van der Waals surface area contributed by atoms with Crippen molar-refractivity contribution in [3.8, 4) is 34.5 Å². The lowest BCUT2D eigenvalue weighted by molar-refractivity contribution is 0.372. The van der Waals surface area contributed by atoms with Crippen LogP contribution >= 0.6 is 0 Å². The first kappa shape index (κ1) is 24.4. The van der Waals surface area contributed by atoms with Gasteiger partial charge in [-0.15, -0.1) is 0 Å². The Bertz CT molecular complexity index is 1200. The van der Waals surface area contributed by atoms with Crippen LogP contribution in [0.25, 0.3) is 4.98 Å². The smallest absolute Gasteiger partial charge is 0.430 e. The fraction of sp³-hybridized carbons (Fsp3) is 0.143. The minimum atomic E-state index is -4.67. The molecule has 3 aromatic rings. The number of methoxy groups -OCH3 is 2. The van der Waals surface area contributed by atoms with Gasteiger partial charge < -0.3 is 18.9 Å². The molecule has 3 rings (SSSR count). The number of nitrogens with zero attached hydrogens (tertiary/aromatic N) is 2. The Morgan fingerprint density at radius 1 is 0.781 bits per heavy atom. The van der Waals surface area contributed by atoms with E-state index >= 15 is 0 Å². The molecule has 3 aromatic carbocycles. The zero-order chi connectivity index (χ0) is 23.7. The van der Waals surface area contributed by atoms with Gasteiger partial charge >= 0.3 is 16.1 Å². The van der Waals surface area contributed by atoms with E-state index < -0.39 is 10.4 Å². The molecular weight excluding hydrogens is 440 g/mol. The first-order valence-electron chi connectivity index (χ1n) is 8.96. The normalized spacial score (nSPS) is 10.2. The Hall–Kier alpha value is -3.85. The van der Waals surface area contributed by atoms with Crippen molar-refractivity contribution in [2.75, 3.05) is 14.2 Å². The summed E-state index contributed by atoms with van der Waals surface area (Å²) in [7, 11) is -1.67. The van der Waals surface area contributed by atoms with E-state index in [9.17, 15) is 0 Å². The highest BCUT2D eigenvalue weighted by atomic mass is 32.3. The maximum absolute atomic E-state index is 9.05. The fourth-order valence-corrected chi connectivity index (χ4v) is 2.53. The average Bonchev–Trinajstić information content (AvgIpc) is 2.73. The van der Waals surface area contributed by atoms with Gasteiger partial charge in [0.05, 0.1) is 20.3 Å². The minimum Gasteiger partial charge on any atom is -0.493 e. The molecule has 0 aromatic heterocycles. The highest BCUT2D eigenvalue weighted by Crippen LogP contribution is 2.41. The van der Waals surface area contributed by atoms with Crippen molar-refractivity contribution in [3.63, 3.8) is 0 Å². The predicted octanol–water partition coefficient (Wildman–Crippen LogP) is 5.43. The number of diazo groups is 1. The average molecular weight is 461 g/mol. The monoisotopic (exact) mass is 461 g/mol. The third-order valence-electron chi connectivity index (χ3n) is 3.85. The Morgan fingerprint density at radius 3 is 1.84 bits per heavy atom. The summed E-state index contributed by atoms with van der Waals surface area (Å²) in [6, 6.07) is 18.2. The highest BCUT2D eigenvalue weighted by Gasteiger charge is 2.21. The summed E-state index contributed by atoms with van der Waals surface area (Å²) in [5, 5.41) is 9.05. The van der Waals surface area contributed by atoms with Gasteiger partial charge in [-0.05, 0) is 48.9 Å². The molecule has 0 spiro atoms. The van der Waals surface area contributed by atoms with Gasteiger partial charge in [-0.3, -0.25) is 9.11 Å². The SMILES string of the molecule is COc1cc(Oc2ccc(Oc3cccc(C)c3)cc2)c(OC)cc1[N+]#N.O=S(=O)(O)O. The van der Waals surface area contributed by atoms with Crippen molar-refractivity contribution >= 4 is 16.1 Å². The molecule has 0 aliphatic carbocycles. The van der Waals surface area contributed by atoms with E-state index in [4.69, 9.17) is 41.9 Å². The lowest BCUT2D eigenvalue weighted by Gasteiger charge is -2.11. The van der Waals surface area contributed by atoms with Crippen LogP contribution in [0.3, 0.4) is 0 Å². The molecule has 0 atom stereocenters. The molecular formula is C21H21N2O8S+. The van der Waals surface area contributed by atoms with E-state index in [0.29, 0.717) is 28.7 Å². The van der Waals surface area contributed by atoms with E-state index in [2.05, 4.69) is 4.98 Å². The summed E-state index contributed by atoms with van der Waals surface area (Å²) in [5.41, 5.74) is 1.38. The second-order valence-electron chi connectivity index (χ2n) is 6.21. The molecule has 0 fully saturated rings. The molecule has 32 heavy (non-hydrogen) atoms. The van der Waals surface area contributed by atoms with Crippen LogP contribution in [0, 0.1) is 12.3 Å². The maximum atomic E-state index is 9.05. The number of hydrogen-bond acceptors (Lipinski definition) is 7. The molecule has 0 saturated heterocycles. The minimum absolute atomic E-state index is 0.253. The zero-order valence-corrected chi connectivity index (χ0v) is 18.2. The van der Waals surface area contributed by atoms with Crippen LogP contribution in [-0.2, 0) is 10.4 Å². The number of benzene rings is 3. The van der Waals surface area contributed by atoms with Crippen molar-refractivity contribution in [2.45, 2.75) is 6.92 Å². The number of rotatable bonds is 6. The highest BCUT2D eigenvalue weighted by molar-refractivity contribution is 7.79. The summed E-state index contributed by atoms with van der Waals surface area (Å²) >= 11 is 0. The number of ether oxygens (including phenoxy) is 4. The van der Waals surface area contributed by atoms with Crippen LogP contribution in [0.5, 0.6) is 34.5 Å². The maximum Gasteiger partial charge on any atom is 0.430 e. The van der Waals surface area contributed by atoms with E-state index in [1.165, 1.54) is 20.3 Å². The van der Waals surface area contributed by atoms with Gasteiger partial charge in [0, 0.05) is 6.07 Å². The Kier molecular flexibility index (Phi) is 8.37. The third kappa shape index (κ3) is 7.77. The first-order valence-corrected chi connectivity index (χ1v) is 10.4. The largest absolute Gasteiger partial charge is 0.493 e. The van der Waals surface area contributed by atoms with E-state index in [0.717, 1.165) is 11.3 Å². The molecule has 168 valence electrons. The second-order valence-corrected chi connectivity index (χ2v) is 7.11. The number of hydrogen-bond donors (Lipinski definition) is 2. The summed E-state index contributed by atoms with van der Waals surface area (Å²) in [5.74, 6) is 3.30. The molecule has 0 amide bonds. The van der Waals surface area contributed by atoms with Crippen molar-refractivity contribution in [3.05, 3.63) is 71.2 Å². The standard InChI is InChI=1S/C21H19N2O4.H2O4S/c1-14-5-4-6-17(11-14)26-15-7-9-16(10-8-15)27-21-13-19(24-2)18(23-22)12-20(21)25-3;1-5(2,3)4/h4-13H,1-3H3;(H2,1,2,3,4)/q+1;. The molecule has 11 heteroatoms. The summed E-state index contributed by atoms with van der Waals surface area (Å²) in [6.45, 7) is 2.01. The molecule has 10 nitrogen and oxygen atoms in total. The molecule has 0 aliphatic rings. The van der Waals surface area contributed by atoms with Crippen LogP contribution < -0.4 is 18.9 Å². The summed E-state index contributed by atoms with van der Waals surface area (Å²) < 4.78 is 53.8. The molecule has 0 aliphatic heterocycles. The van der Waals surface area contributed by atoms with Crippen molar-refractivity contribution in [2.24, 2.45) is 0 Å². The van der Waals surface area contributed by atoms with Gasteiger partial charge in [-0.2, -0.15) is 8.42 Å². The molecule has 0 heterocycles. The summed E-state index contributed by atoms with van der Waals surface area (Å²) in [4.78, 5) is 3.18. The third-order valence-corrected chi connectivity index (χ3v) is 3.85. The topological polar surface area (TPSA) is 140 Å². The number of aryl methyl sites for hydroxylation is 1. The second kappa shape index (κ2) is 11.0. The van der Waals surface area contributed by atoms with Gasteiger partial charge in [0.15, 0.2) is 16.5 Å². The van der Waals surface area contributed by atoms with Crippen LogP contribution in [0.4, 0.5) is 5.69 Å². The van der Waals surface area contributed by atoms with Crippen LogP contribution in [0.15, 0.2) is 60.7 Å². The molecule has 2 N–H and O–H groups in total. The quantitative estimate of drug-likeness (QED) is 0.363. The van der Waals surface area contributed by atoms with Crippen LogP contribution in [0.2, 0.25) is 0 Å². The van der Waals surface area contributed by atoms with Crippen LogP contribution in [-0.4, -0.2) is 31.7 Å². The fourth-order valence-electron chi connectivity index (χ4n) is 2.53. The summed E-state index contributed by atoms with van der Waals surface area (Å²) in [6.07, 6.45) is 0. The van der Waals surface area contributed by atoms with Gasteiger partial charge in [0.25, 0.3) is 0 Å².